The molecule has 0 fully saturated rings. The predicted molar refractivity (Wildman–Crippen MR) is 101 cm³/mol. The van der Waals surface area contributed by atoms with Crippen LogP contribution in [0.25, 0.3) is 0 Å². The van der Waals surface area contributed by atoms with E-state index in [-0.39, 0.29) is 0 Å². The van der Waals surface area contributed by atoms with Crippen LogP contribution >= 0.6 is 11.8 Å². The van der Waals surface area contributed by atoms with Gasteiger partial charge in [-0.05, 0) is 24.6 Å². The van der Waals surface area contributed by atoms with Gasteiger partial charge in [-0.25, -0.2) is 0 Å². The lowest BCUT2D eigenvalue weighted by Crippen LogP contribution is -2.06. The molecule has 2 rings (SSSR count). The summed E-state index contributed by atoms with van der Waals surface area (Å²) < 4.78 is 10.9. The van der Waals surface area contributed by atoms with Gasteiger partial charge in [-0.3, -0.25) is 0 Å². The molecule has 0 saturated heterocycles. The van der Waals surface area contributed by atoms with Crippen LogP contribution in [0.4, 0.5) is 0 Å². The second-order valence-electron chi connectivity index (χ2n) is 4.77. The summed E-state index contributed by atoms with van der Waals surface area (Å²) in [7, 11) is 1.61. The van der Waals surface area contributed by atoms with Gasteiger partial charge >= 0.3 is 0 Å². The van der Waals surface area contributed by atoms with Crippen molar-refractivity contribution >= 4 is 23.1 Å². The zero-order valence-corrected chi connectivity index (χ0v) is 14.6. The van der Waals surface area contributed by atoms with E-state index in [9.17, 15) is 0 Å². The fourth-order valence-corrected chi connectivity index (χ4v) is 2.61. The Hall–Kier alpha value is -2.47. The van der Waals surface area contributed by atoms with Gasteiger partial charge in [-0.2, -0.15) is 5.10 Å². The van der Waals surface area contributed by atoms with Crippen molar-refractivity contribution in [3.63, 3.8) is 0 Å². The molecule has 0 radical (unpaired) electrons. The van der Waals surface area contributed by atoms with Gasteiger partial charge < -0.3 is 15.2 Å². The summed E-state index contributed by atoms with van der Waals surface area (Å²) in [6.45, 7) is 2.46. The third kappa shape index (κ3) is 5.31. The summed E-state index contributed by atoms with van der Waals surface area (Å²) in [6, 6.07) is 15.7. The first kappa shape index (κ1) is 17.9. The van der Waals surface area contributed by atoms with Crippen molar-refractivity contribution in [1.29, 1.82) is 0 Å². The molecule has 0 spiro atoms. The minimum atomic E-state index is 0.413. The fourth-order valence-electron chi connectivity index (χ4n) is 2.00. The summed E-state index contributed by atoms with van der Waals surface area (Å²) >= 11 is 1.44. The molecule has 24 heavy (non-hydrogen) atoms. The standard InChI is InChI=1S/C18H21N3O2S/c1-3-23-17-15(10-7-11-16(17)22-2)12-20-21-18(19)24-13-14-8-5-4-6-9-14/h4-12H,3,13H2,1-2H3,(H2,19,21). The number of hydrogen-bond acceptors (Lipinski definition) is 5. The highest BCUT2D eigenvalue weighted by molar-refractivity contribution is 8.13. The normalized spacial score (nSPS) is 11.7. The van der Waals surface area contributed by atoms with Gasteiger partial charge in [0, 0.05) is 11.3 Å². The van der Waals surface area contributed by atoms with Crippen LogP contribution < -0.4 is 15.2 Å². The van der Waals surface area contributed by atoms with E-state index < -0.39 is 0 Å². The fraction of sp³-hybridized carbons (Fsp3) is 0.222. The minimum absolute atomic E-state index is 0.413. The summed E-state index contributed by atoms with van der Waals surface area (Å²) in [5.74, 6) is 2.07. The van der Waals surface area contributed by atoms with Gasteiger partial charge in [0.25, 0.3) is 0 Å². The highest BCUT2D eigenvalue weighted by Crippen LogP contribution is 2.30. The lowest BCUT2D eigenvalue weighted by atomic mass is 10.2. The van der Waals surface area contributed by atoms with Gasteiger partial charge in [0.15, 0.2) is 16.7 Å². The summed E-state index contributed by atoms with van der Waals surface area (Å²) in [4.78, 5) is 0. The molecule has 0 amide bonds. The van der Waals surface area contributed by atoms with Crippen molar-refractivity contribution < 1.29 is 9.47 Å². The quantitative estimate of drug-likeness (QED) is 0.473. The van der Waals surface area contributed by atoms with Crippen LogP contribution in [0.15, 0.2) is 58.7 Å². The third-order valence-corrected chi connectivity index (χ3v) is 3.96. The number of thioether (sulfide) groups is 1. The Morgan fingerprint density at radius 2 is 1.96 bits per heavy atom. The molecule has 6 heteroatoms. The van der Waals surface area contributed by atoms with Gasteiger partial charge in [0.2, 0.25) is 0 Å². The average molecular weight is 343 g/mol. The van der Waals surface area contributed by atoms with Crippen molar-refractivity contribution in [2.24, 2.45) is 15.9 Å². The number of rotatable bonds is 7. The molecule has 0 aliphatic carbocycles. The van der Waals surface area contributed by atoms with E-state index in [0.29, 0.717) is 23.3 Å². The first-order valence-corrected chi connectivity index (χ1v) is 8.56. The first-order valence-electron chi connectivity index (χ1n) is 7.57. The predicted octanol–water partition coefficient (Wildman–Crippen LogP) is 3.68. The van der Waals surface area contributed by atoms with Crippen LogP contribution in [0.3, 0.4) is 0 Å². The topological polar surface area (TPSA) is 69.2 Å². The van der Waals surface area contributed by atoms with Crippen LogP contribution in [0, 0.1) is 0 Å². The molecule has 2 N–H and O–H groups in total. The van der Waals surface area contributed by atoms with E-state index in [1.54, 1.807) is 13.3 Å². The molecule has 0 aliphatic heterocycles. The Bertz CT molecular complexity index is 703. The maximum absolute atomic E-state index is 5.88. The van der Waals surface area contributed by atoms with Gasteiger partial charge in [-0.15, -0.1) is 5.10 Å². The molecule has 0 atom stereocenters. The van der Waals surface area contributed by atoms with Gasteiger partial charge in [-0.1, -0.05) is 48.2 Å². The molecule has 0 aromatic heterocycles. The third-order valence-electron chi connectivity index (χ3n) is 3.10. The molecule has 0 bridgehead atoms. The molecule has 0 unspecified atom stereocenters. The van der Waals surface area contributed by atoms with Crippen LogP contribution in [0.1, 0.15) is 18.1 Å². The maximum atomic E-state index is 5.88. The highest BCUT2D eigenvalue weighted by Gasteiger charge is 2.08. The van der Waals surface area contributed by atoms with Crippen molar-refractivity contribution in [1.82, 2.24) is 0 Å². The molecule has 126 valence electrons. The Labute approximate surface area is 146 Å². The molecule has 0 aliphatic rings. The number of amidine groups is 1. The van der Waals surface area contributed by atoms with E-state index in [1.807, 2.05) is 55.5 Å². The Balaban J connectivity index is 2.02. The molecule has 5 nitrogen and oxygen atoms in total. The summed E-state index contributed by atoms with van der Waals surface area (Å²) in [5.41, 5.74) is 7.86. The summed E-state index contributed by atoms with van der Waals surface area (Å²) in [5, 5.41) is 8.49. The number of benzene rings is 2. The van der Waals surface area contributed by atoms with Crippen molar-refractivity contribution in [3.8, 4) is 11.5 Å². The number of methoxy groups -OCH3 is 1. The van der Waals surface area contributed by atoms with Crippen molar-refractivity contribution in [2.75, 3.05) is 13.7 Å². The van der Waals surface area contributed by atoms with E-state index in [2.05, 4.69) is 10.2 Å². The van der Waals surface area contributed by atoms with Crippen LogP contribution in [-0.4, -0.2) is 25.1 Å². The van der Waals surface area contributed by atoms with Crippen LogP contribution in [0.2, 0.25) is 0 Å². The number of nitrogens with zero attached hydrogens (tertiary/aromatic N) is 2. The first-order chi connectivity index (χ1) is 11.7. The van der Waals surface area contributed by atoms with E-state index >= 15 is 0 Å². The van der Waals surface area contributed by atoms with Crippen molar-refractivity contribution in [3.05, 3.63) is 59.7 Å². The molecule has 0 saturated carbocycles. The molecular weight excluding hydrogens is 322 g/mol. The monoisotopic (exact) mass is 343 g/mol. The molecular formula is C18H21N3O2S. The van der Waals surface area contributed by atoms with E-state index in [4.69, 9.17) is 15.2 Å². The highest BCUT2D eigenvalue weighted by atomic mass is 32.2. The lowest BCUT2D eigenvalue weighted by molar-refractivity contribution is 0.310. The van der Waals surface area contributed by atoms with Crippen LogP contribution in [0.5, 0.6) is 11.5 Å². The number of hydrogen-bond donors (Lipinski definition) is 1. The summed E-state index contributed by atoms with van der Waals surface area (Å²) in [6.07, 6.45) is 1.61. The minimum Gasteiger partial charge on any atom is -0.493 e. The van der Waals surface area contributed by atoms with E-state index in [1.165, 1.54) is 17.3 Å². The Morgan fingerprint density at radius 3 is 2.67 bits per heavy atom. The molecule has 0 heterocycles. The SMILES string of the molecule is CCOc1c(C=NN=C(N)SCc2ccccc2)cccc1OC. The largest absolute Gasteiger partial charge is 0.493 e. The zero-order valence-electron chi connectivity index (χ0n) is 13.8. The molecule has 2 aromatic carbocycles. The van der Waals surface area contributed by atoms with Crippen molar-refractivity contribution in [2.45, 2.75) is 12.7 Å². The Kier molecular flexibility index (Phi) is 7.17. The number of para-hydroxylation sites is 1. The van der Waals surface area contributed by atoms with Gasteiger partial charge in [0.05, 0.1) is 19.9 Å². The second-order valence-corrected chi connectivity index (χ2v) is 5.76. The number of ether oxygens (including phenoxy) is 2. The van der Waals surface area contributed by atoms with E-state index in [0.717, 1.165) is 11.3 Å². The second kappa shape index (κ2) is 9.62. The maximum Gasteiger partial charge on any atom is 0.180 e. The average Bonchev–Trinajstić information content (AvgIpc) is 2.62. The zero-order chi connectivity index (χ0) is 17.2. The number of nitrogens with two attached hydrogens (primary N) is 1. The smallest absolute Gasteiger partial charge is 0.180 e. The lowest BCUT2D eigenvalue weighted by Gasteiger charge is -2.11. The Morgan fingerprint density at radius 1 is 1.17 bits per heavy atom. The molecule has 2 aromatic rings. The van der Waals surface area contributed by atoms with Crippen LogP contribution in [-0.2, 0) is 5.75 Å². The van der Waals surface area contributed by atoms with Gasteiger partial charge in [0.1, 0.15) is 0 Å².